The number of hydrogen-bond donors (Lipinski definition) is 0. The molecule has 1 aromatic heterocycles. The molecule has 3 aromatic rings. The molecule has 1 aliphatic rings. The van der Waals surface area contributed by atoms with Crippen LogP contribution in [-0.4, -0.2) is 75.6 Å². The van der Waals surface area contributed by atoms with Crippen LogP contribution in [0.25, 0.3) is 11.3 Å². The third-order valence-electron chi connectivity index (χ3n) is 5.86. The monoisotopic (exact) mass is 464 g/mol. The van der Waals surface area contributed by atoms with E-state index in [0.717, 1.165) is 17.1 Å². The lowest BCUT2D eigenvalue weighted by Crippen LogP contribution is -2.49. The number of carbonyl (C=O) groups excluding carboxylic acids is 1. The number of hydrogen-bond acceptors (Lipinski definition) is 8. The van der Waals surface area contributed by atoms with Crippen LogP contribution >= 0.6 is 0 Å². The number of piperazine rings is 1. The third kappa shape index (κ3) is 4.68. The van der Waals surface area contributed by atoms with Crippen molar-refractivity contribution < 1.29 is 23.7 Å². The molecule has 0 unspecified atom stereocenters. The minimum atomic E-state index is -0.0611. The van der Waals surface area contributed by atoms with Crippen LogP contribution in [-0.2, 0) is 0 Å². The maximum absolute atomic E-state index is 13.1. The molecule has 0 saturated carbocycles. The van der Waals surface area contributed by atoms with Gasteiger partial charge in [-0.15, -0.1) is 10.2 Å². The Labute approximate surface area is 198 Å². The molecule has 178 valence electrons. The van der Waals surface area contributed by atoms with Crippen LogP contribution in [0.2, 0.25) is 0 Å². The van der Waals surface area contributed by atoms with Crippen molar-refractivity contribution in [3.63, 3.8) is 0 Å². The fourth-order valence-corrected chi connectivity index (χ4v) is 3.93. The van der Waals surface area contributed by atoms with Crippen molar-refractivity contribution in [3.8, 4) is 34.3 Å². The van der Waals surface area contributed by atoms with Crippen molar-refractivity contribution in [1.82, 2.24) is 15.1 Å². The highest BCUT2D eigenvalue weighted by Gasteiger charge is 2.25. The molecular weight excluding hydrogens is 436 g/mol. The first-order chi connectivity index (χ1) is 16.6. The minimum Gasteiger partial charge on any atom is -0.497 e. The topological polar surface area (TPSA) is 86.3 Å². The fraction of sp³-hybridized carbons (Fsp3) is 0.320. The normalized spacial score (nSPS) is 13.4. The van der Waals surface area contributed by atoms with E-state index in [1.165, 1.54) is 0 Å². The van der Waals surface area contributed by atoms with Gasteiger partial charge in [0.05, 0.1) is 39.7 Å². The number of amides is 1. The molecule has 1 amide bonds. The van der Waals surface area contributed by atoms with Gasteiger partial charge in [-0.25, -0.2) is 0 Å². The van der Waals surface area contributed by atoms with Crippen LogP contribution in [0, 0.1) is 0 Å². The molecular formula is C25H28N4O5. The van der Waals surface area contributed by atoms with Gasteiger partial charge in [-0.1, -0.05) is 0 Å². The summed E-state index contributed by atoms with van der Waals surface area (Å²) >= 11 is 0. The van der Waals surface area contributed by atoms with Crippen molar-refractivity contribution >= 4 is 11.7 Å². The second-order valence-corrected chi connectivity index (χ2v) is 7.69. The summed E-state index contributed by atoms with van der Waals surface area (Å²) in [7, 11) is 6.34. The number of benzene rings is 2. The van der Waals surface area contributed by atoms with Crippen LogP contribution in [0.4, 0.5) is 5.82 Å². The number of carbonyl (C=O) groups is 1. The van der Waals surface area contributed by atoms with Gasteiger partial charge in [-0.2, -0.15) is 0 Å². The van der Waals surface area contributed by atoms with Crippen molar-refractivity contribution in [2.45, 2.75) is 0 Å². The van der Waals surface area contributed by atoms with Gasteiger partial charge in [0.2, 0.25) is 0 Å². The Morgan fingerprint density at radius 2 is 1.47 bits per heavy atom. The average molecular weight is 465 g/mol. The number of ether oxygens (including phenoxy) is 4. The predicted molar refractivity (Wildman–Crippen MR) is 128 cm³/mol. The first-order valence-electron chi connectivity index (χ1n) is 10.9. The summed E-state index contributed by atoms with van der Waals surface area (Å²) in [6.45, 7) is 2.48. The van der Waals surface area contributed by atoms with Crippen molar-refractivity contribution in [2.75, 3.05) is 59.5 Å². The van der Waals surface area contributed by atoms with Crippen LogP contribution in [0.1, 0.15) is 10.4 Å². The SMILES string of the molecule is COc1ccc(C(=O)N2CCN(c3ccc(-c4ccc(OC)c(OC)c4)nn3)CC2)c(OC)c1. The molecule has 0 radical (unpaired) electrons. The fourth-order valence-electron chi connectivity index (χ4n) is 3.93. The molecule has 2 aromatic carbocycles. The molecule has 0 N–H and O–H groups in total. The van der Waals surface area contributed by atoms with E-state index in [2.05, 4.69) is 15.1 Å². The number of aromatic nitrogens is 2. The molecule has 2 heterocycles. The lowest BCUT2D eigenvalue weighted by Gasteiger charge is -2.35. The largest absolute Gasteiger partial charge is 0.497 e. The van der Waals surface area contributed by atoms with E-state index in [4.69, 9.17) is 18.9 Å². The highest BCUT2D eigenvalue weighted by Crippen LogP contribution is 2.32. The van der Waals surface area contributed by atoms with Crippen molar-refractivity contribution in [3.05, 3.63) is 54.1 Å². The number of rotatable bonds is 7. The van der Waals surface area contributed by atoms with Crippen molar-refractivity contribution in [1.29, 1.82) is 0 Å². The van der Waals surface area contributed by atoms with Crippen molar-refractivity contribution in [2.24, 2.45) is 0 Å². The zero-order chi connectivity index (χ0) is 24.1. The van der Waals surface area contributed by atoms with Gasteiger partial charge >= 0.3 is 0 Å². The first kappa shape index (κ1) is 23.2. The van der Waals surface area contributed by atoms with E-state index in [-0.39, 0.29) is 5.91 Å². The van der Waals surface area contributed by atoms with Gasteiger partial charge in [0.15, 0.2) is 17.3 Å². The van der Waals surface area contributed by atoms with E-state index < -0.39 is 0 Å². The summed E-state index contributed by atoms with van der Waals surface area (Å²) in [4.78, 5) is 17.0. The van der Waals surface area contributed by atoms with Gasteiger partial charge in [0.25, 0.3) is 5.91 Å². The standard InChI is InChI=1S/C25H28N4O5/c1-31-18-6-7-19(22(16-18)33-3)25(30)29-13-11-28(12-14-29)24-10-8-20(26-27-24)17-5-9-21(32-2)23(15-17)34-4/h5-10,15-16H,11-14H2,1-4H3. The van der Waals surface area contributed by atoms with Crippen LogP contribution in [0.5, 0.6) is 23.0 Å². The highest BCUT2D eigenvalue weighted by atomic mass is 16.5. The Hall–Kier alpha value is -4.01. The second kappa shape index (κ2) is 10.3. The zero-order valence-corrected chi connectivity index (χ0v) is 19.8. The Morgan fingerprint density at radius 1 is 0.735 bits per heavy atom. The Kier molecular flexibility index (Phi) is 7.01. The summed E-state index contributed by atoms with van der Waals surface area (Å²) in [5, 5.41) is 8.82. The summed E-state index contributed by atoms with van der Waals surface area (Å²) in [5.41, 5.74) is 2.15. The average Bonchev–Trinajstić information content (AvgIpc) is 2.92. The first-order valence-corrected chi connectivity index (χ1v) is 10.9. The van der Waals surface area contributed by atoms with Gasteiger partial charge < -0.3 is 28.7 Å². The van der Waals surface area contributed by atoms with E-state index in [1.54, 1.807) is 46.6 Å². The Morgan fingerprint density at radius 3 is 2.09 bits per heavy atom. The molecule has 9 nitrogen and oxygen atoms in total. The van der Waals surface area contributed by atoms with Gasteiger partial charge in [0.1, 0.15) is 11.5 Å². The Bertz CT molecular complexity index is 1140. The maximum Gasteiger partial charge on any atom is 0.257 e. The van der Waals surface area contributed by atoms with E-state index in [0.29, 0.717) is 54.7 Å². The second-order valence-electron chi connectivity index (χ2n) is 7.69. The molecule has 4 rings (SSSR count). The predicted octanol–water partition coefficient (Wildman–Crippen LogP) is 3.14. The molecule has 1 aliphatic heterocycles. The van der Waals surface area contributed by atoms with E-state index in [1.807, 2.05) is 35.2 Å². The number of nitrogens with zero attached hydrogens (tertiary/aromatic N) is 4. The summed E-state index contributed by atoms with van der Waals surface area (Å²) in [6.07, 6.45) is 0. The Balaban J connectivity index is 1.41. The van der Waals surface area contributed by atoms with Gasteiger partial charge in [-0.05, 0) is 42.5 Å². The molecule has 1 fully saturated rings. The molecule has 34 heavy (non-hydrogen) atoms. The maximum atomic E-state index is 13.1. The molecule has 1 saturated heterocycles. The third-order valence-corrected chi connectivity index (χ3v) is 5.86. The zero-order valence-electron chi connectivity index (χ0n) is 19.8. The molecule has 0 aliphatic carbocycles. The molecule has 9 heteroatoms. The molecule has 0 atom stereocenters. The number of methoxy groups -OCH3 is 4. The van der Waals surface area contributed by atoms with Gasteiger partial charge in [0, 0.05) is 37.8 Å². The lowest BCUT2D eigenvalue weighted by atomic mass is 10.1. The van der Waals surface area contributed by atoms with Crippen LogP contribution in [0.15, 0.2) is 48.5 Å². The van der Waals surface area contributed by atoms with Crippen LogP contribution < -0.4 is 23.8 Å². The minimum absolute atomic E-state index is 0.0611. The highest BCUT2D eigenvalue weighted by molar-refractivity contribution is 5.97. The van der Waals surface area contributed by atoms with Crippen LogP contribution in [0.3, 0.4) is 0 Å². The lowest BCUT2D eigenvalue weighted by molar-refractivity contribution is 0.0743. The summed E-state index contributed by atoms with van der Waals surface area (Å²) < 4.78 is 21.3. The van der Waals surface area contributed by atoms with E-state index >= 15 is 0 Å². The summed E-state index contributed by atoms with van der Waals surface area (Å²) in [6, 6.07) is 14.7. The number of anilines is 1. The molecule has 0 bridgehead atoms. The quantitative estimate of drug-likeness (QED) is 0.527. The molecule has 0 spiro atoms. The van der Waals surface area contributed by atoms with E-state index in [9.17, 15) is 4.79 Å². The summed E-state index contributed by atoms with van der Waals surface area (Å²) in [5.74, 6) is 3.17. The van der Waals surface area contributed by atoms with Gasteiger partial charge in [-0.3, -0.25) is 4.79 Å². The smallest absolute Gasteiger partial charge is 0.257 e.